The number of hydrogen-bond acceptors (Lipinski definition) is 2. The van der Waals surface area contributed by atoms with Crippen LogP contribution >= 0.6 is 0 Å². The molecule has 1 unspecified atom stereocenters. The quantitative estimate of drug-likeness (QED) is 0.366. The standard InChI is InChI=1S/C25H26F9NO/c1-36-22(15-6-3-2-4-7-15)19-11-10-18(23(26,27)28)12-17(19)14-35-13-16-8-5-9-20(24(29,30)31)21(16)25(32,33)34/h5,8-12,15,22,35H,2-4,6-7,13-14H2,1H3. The Labute approximate surface area is 202 Å². The van der Waals surface area contributed by atoms with Crippen molar-refractivity contribution in [2.24, 2.45) is 5.92 Å². The third-order valence-corrected chi connectivity index (χ3v) is 6.48. The molecule has 0 bridgehead atoms. The minimum absolute atomic E-state index is 0.0690. The van der Waals surface area contributed by atoms with Gasteiger partial charge in [0, 0.05) is 20.2 Å². The minimum Gasteiger partial charge on any atom is -0.376 e. The Kier molecular flexibility index (Phi) is 8.65. The second-order valence-electron chi connectivity index (χ2n) is 8.90. The highest BCUT2D eigenvalue weighted by molar-refractivity contribution is 5.40. The highest BCUT2D eigenvalue weighted by atomic mass is 19.4. The van der Waals surface area contributed by atoms with E-state index in [0.29, 0.717) is 11.6 Å². The van der Waals surface area contributed by atoms with Gasteiger partial charge in [-0.15, -0.1) is 0 Å². The lowest BCUT2D eigenvalue weighted by molar-refractivity contribution is -0.162. The fourth-order valence-corrected chi connectivity index (χ4v) is 4.87. The number of rotatable bonds is 7. The Hall–Kier alpha value is -2.27. The van der Waals surface area contributed by atoms with E-state index in [1.54, 1.807) is 0 Å². The van der Waals surface area contributed by atoms with Crippen molar-refractivity contribution in [3.05, 3.63) is 69.8 Å². The summed E-state index contributed by atoms with van der Waals surface area (Å²) in [5.41, 5.74) is -4.57. The van der Waals surface area contributed by atoms with Crippen LogP contribution in [0, 0.1) is 5.92 Å². The monoisotopic (exact) mass is 527 g/mol. The van der Waals surface area contributed by atoms with Gasteiger partial charge in [0.05, 0.1) is 22.8 Å². The number of ether oxygens (including phenoxy) is 1. The van der Waals surface area contributed by atoms with E-state index in [4.69, 9.17) is 4.74 Å². The minimum atomic E-state index is -5.27. The van der Waals surface area contributed by atoms with Gasteiger partial charge in [0.1, 0.15) is 0 Å². The molecule has 2 nitrogen and oxygen atoms in total. The number of benzene rings is 2. The molecule has 0 aliphatic heterocycles. The third-order valence-electron chi connectivity index (χ3n) is 6.48. The van der Waals surface area contributed by atoms with Crippen molar-refractivity contribution in [3.8, 4) is 0 Å². The van der Waals surface area contributed by atoms with E-state index in [1.807, 2.05) is 0 Å². The average molecular weight is 527 g/mol. The molecule has 36 heavy (non-hydrogen) atoms. The normalized spacial score (nSPS) is 16.8. The van der Waals surface area contributed by atoms with E-state index in [9.17, 15) is 39.5 Å². The zero-order valence-electron chi connectivity index (χ0n) is 19.4. The molecule has 0 radical (unpaired) electrons. The van der Waals surface area contributed by atoms with Gasteiger partial charge in [-0.05, 0) is 53.6 Å². The van der Waals surface area contributed by atoms with E-state index >= 15 is 0 Å². The molecule has 2 aromatic rings. The van der Waals surface area contributed by atoms with E-state index in [2.05, 4.69) is 5.32 Å². The SMILES string of the molecule is COC(c1ccc(C(F)(F)F)cc1CNCc1cccc(C(F)(F)F)c1C(F)(F)F)C1CCCCC1. The Bertz CT molecular complexity index is 1020. The number of halogens is 9. The molecule has 0 heterocycles. The fourth-order valence-electron chi connectivity index (χ4n) is 4.87. The number of hydrogen-bond donors (Lipinski definition) is 1. The first-order valence-electron chi connectivity index (χ1n) is 11.4. The molecule has 0 saturated heterocycles. The summed E-state index contributed by atoms with van der Waals surface area (Å²) in [5.74, 6) is 0.0690. The first-order valence-corrected chi connectivity index (χ1v) is 11.4. The lowest BCUT2D eigenvalue weighted by Gasteiger charge is -2.31. The predicted molar refractivity (Wildman–Crippen MR) is 115 cm³/mol. The summed E-state index contributed by atoms with van der Waals surface area (Å²) in [6.45, 7) is -0.922. The molecule has 1 N–H and O–H groups in total. The maximum Gasteiger partial charge on any atom is 0.417 e. The molecule has 11 heteroatoms. The van der Waals surface area contributed by atoms with E-state index in [-0.39, 0.29) is 18.0 Å². The summed E-state index contributed by atoms with van der Waals surface area (Å²) < 4.78 is 126. The smallest absolute Gasteiger partial charge is 0.376 e. The summed E-state index contributed by atoms with van der Waals surface area (Å²) in [6, 6.07) is 5.29. The third kappa shape index (κ3) is 6.73. The number of methoxy groups -OCH3 is 1. The summed E-state index contributed by atoms with van der Waals surface area (Å²) in [7, 11) is 1.45. The molecule has 1 fully saturated rings. The maximum absolute atomic E-state index is 13.5. The van der Waals surface area contributed by atoms with Crippen LogP contribution in [0.5, 0.6) is 0 Å². The van der Waals surface area contributed by atoms with Gasteiger partial charge in [0.2, 0.25) is 0 Å². The van der Waals surface area contributed by atoms with Gasteiger partial charge in [0.25, 0.3) is 0 Å². The molecule has 0 spiro atoms. The zero-order chi connectivity index (χ0) is 26.7. The lowest BCUT2D eigenvalue weighted by atomic mass is 9.81. The van der Waals surface area contributed by atoms with Gasteiger partial charge in [0.15, 0.2) is 0 Å². The van der Waals surface area contributed by atoms with Gasteiger partial charge < -0.3 is 10.1 Å². The molecular weight excluding hydrogens is 501 g/mol. The Morgan fingerprint density at radius 2 is 1.44 bits per heavy atom. The zero-order valence-corrected chi connectivity index (χ0v) is 19.4. The van der Waals surface area contributed by atoms with E-state index < -0.39 is 53.4 Å². The van der Waals surface area contributed by atoms with Crippen molar-refractivity contribution in [3.63, 3.8) is 0 Å². The van der Waals surface area contributed by atoms with Crippen LogP contribution in [-0.2, 0) is 36.4 Å². The highest BCUT2D eigenvalue weighted by Crippen LogP contribution is 2.42. The Balaban J connectivity index is 1.92. The number of alkyl halides is 9. The topological polar surface area (TPSA) is 21.3 Å². The van der Waals surface area contributed by atoms with Crippen LogP contribution < -0.4 is 5.32 Å². The molecule has 2 aromatic carbocycles. The highest BCUT2D eigenvalue weighted by Gasteiger charge is 2.44. The van der Waals surface area contributed by atoms with Crippen molar-refractivity contribution < 1.29 is 44.3 Å². The van der Waals surface area contributed by atoms with Crippen LogP contribution in [0.2, 0.25) is 0 Å². The lowest BCUT2D eigenvalue weighted by Crippen LogP contribution is -2.24. The molecule has 0 amide bonds. The van der Waals surface area contributed by atoms with Crippen molar-refractivity contribution in [1.82, 2.24) is 5.32 Å². The van der Waals surface area contributed by atoms with Crippen LogP contribution in [0.25, 0.3) is 0 Å². The molecule has 0 aromatic heterocycles. The summed E-state index contributed by atoms with van der Waals surface area (Å²) in [4.78, 5) is 0. The first-order chi connectivity index (χ1) is 16.7. The van der Waals surface area contributed by atoms with Crippen molar-refractivity contribution >= 4 is 0 Å². The average Bonchev–Trinajstić information content (AvgIpc) is 2.79. The van der Waals surface area contributed by atoms with Gasteiger partial charge in [-0.2, -0.15) is 39.5 Å². The predicted octanol–water partition coefficient (Wildman–Crippen LogP) is 8.30. The second kappa shape index (κ2) is 11.0. The van der Waals surface area contributed by atoms with E-state index in [1.165, 1.54) is 13.2 Å². The fraction of sp³-hybridized carbons (Fsp3) is 0.520. The van der Waals surface area contributed by atoms with Crippen molar-refractivity contribution in [2.45, 2.75) is 69.8 Å². The maximum atomic E-state index is 13.5. The molecule has 1 saturated carbocycles. The van der Waals surface area contributed by atoms with Crippen molar-refractivity contribution in [1.29, 1.82) is 0 Å². The van der Waals surface area contributed by atoms with Gasteiger partial charge in [-0.25, -0.2) is 0 Å². The molecule has 1 aliphatic carbocycles. The van der Waals surface area contributed by atoms with Crippen LogP contribution in [0.1, 0.15) is 71.6 Å². The number of nitrogens with one attached hydrogen (secondary N) is 1. The van der Waals surface area contributed by atoms with Gasteiger partial charge in [-0.1, -0.05) is 37.5 Å². The molecule has 1 aliphatic rings. The summed E-state index contributed by atoms with van der Waals surface area (Å²) in [6.07, 6.45) is -11.0. The van der Waals surface area contributed by atoms with Gasteiger partial charge >= 0.3 is 18.5 Å². The molecule has 3 rings (SSSR count). The molecule has 200 valence electrons. The van der Waals surface area contributed by atoms with Crippen LogP contribution in [0.3, 0.4) is 0 Å². The largest absolute Gasteiger partial charge is 0.417 e. The Morgan fingerprint density at radius 1 is 0.806 bits per heavy atom. The molecular formula is C25H26F9NO. The summed E-state index contributed by atoms with van der Waals surface area (Å²) in [5, 5.41) is 2.62. The van der Waals surface area contributed by atoms with Gasteiger partial charge in [-0.3, -0.25) is 0 Å². The first kappa shape index (κ1) is 28.3. The van der Waals surface area contributed by atoms with Crippen LogP contribution in [0.4, 0.5) is 39.5 Å². The molecule has 1 atom stereocenters. The van der Waals surface area contributed by atoms with Crippen LogP contribution in [-0.4, -0.2) is 7.11 Å². The van der Waals surface area contributed by atoms with E-state index in [0.717, 1.165) is 56.4 Å². The van der Waals surface area contributed by atoms with Crippen LogP contribution in [0.15, 0.2) is 36.4 Å². The second-order valence-corrected chi connectivity index (χ2v) is 8.90. The summed E-state index contributed by atoms with van der Waals surface area (Å²) >= 11 is 0. The van der Waals surface area contributed by atoms with Crippen molar-refractivity contribution in [2.75, 3.05) is 7.11 Å². The Morgan fingerprint density at radius 3 is 2.00 bits per heavy atom.